The number of aromatic nitrogens is 1. The number of carbonyl (C=O) groups excluding carboxylic acids is 1. The average molecular weight is 363 g/mol. The van der Waals surface area contributed by atoms with Gasteiger partial charge in [0.25, 0.3) is 0 Å². The highest BCUT2D eigenvalue weighted by molar-refractivity contribution is 6.30. The van der Waals surface area contributed by atoms with Gasteiger partial charge in [-0.3, -0.25) is 4.79 Å². The molecule has 1 aliphatic rings. The summed E-state index contributed by atoms with van der Waals surface area (Å²) >= 11 is 5.91. The number of hydrogen-bond donors (Lipinski definition) is 1. The van der Waals surface area contributed by atoms with E-state index < -0.39 is 5.60 Å². The third kappa shape index (κ3) is 3.88. The molecule has 0 spiro atoms. The molecule has 1 aromatic carbocycles. The van der Waals surface area contributed by atoms with Crippen molar-refractivity contribution >= 4 is 17.5 Å². The van der Waals surface area contributed by atoms with Crippen LogP contribution in [0.25, 0.3) is 0 Å². The molecular weight excluding hydrogens is 340 g/mol. The summed E-state index contributed by atoms with van der Waals surface area (Å²) in [6.07, 6.45) is 2.14. The van der Waals surface area contributed by atoms with Gasteiger partial charge in [-0.15, -0.1) is 0 Å². The van der Waals surface area contributed by atoms with E-state index in [1.165, 1.54) is 0 Å². The first kappa shape index (κ1) is 18.0. The number of carbonyl (C=O) groups is 1. The zero-order valence-electron chi connectivity index (χ0n) is 14.6. The Balaban J connectivity index is 1.56. The van der Waals surface area contributed by atoms with E-state index in [1.807, 2.05) is 30.9 Å². The van der Waals surface area contributed by atoms with Gasteiger partial charge in [-0.25, -0.2) is 0 Å². The highest BCUT2D eigenvalue weighted by atomic mass is 35.5. The van der Waals surface area contributed by atoms with E-state index in [4.69, 9.17) is 16.1 Å². The number of aryl methyl sites for hydroxylation is 2. The fraction of sp³-hybridized carbons (Fsp3) is 0.474. The maximum atomic E-state index is 12.5. The van der Waals surface area contributed by atoms with Crippen LogP contribution in [0, 0.1) is 13.8 Å². The van der Waals surface area contributed by atoms with Gasteiger partial charge in [0, 0.05) is 30.1 Å². The largest absolute Gasteiger partial charge is 0.385 e. The van der Waals surface area contributed by atoms with Crippen LogP contribution in [0.5, 0.6) is 0 Å². The van der Waals surface area contributed by atoms with Gasteiger partial charge in [0.1, 0.15) is 5.76 Å². The van der Waals surface area contributed by atoms with Gasteiger partial charge in [0.2, 0.25) is 5.91 Å². The molecule has 2 aromatic rings. The first-order valence-corrected chi connectivity index (χ1v) is 8.95. The van der Waals surface area contributed by atoms with Crippen LogP contribution in [0.15, 0.2) is 28.8 Å². The van der Waals surface area contributed by atoms with Crippen molar-refractivity contribution in [3.8, 4) is 0 Å². The van der Waals surface area contributed by atoms with E-state index in [2.05, 4.69) is 5.16 Å². The molecule has 0 unspecified atom stereocenters. The Kier molecular flexibility index (Phi) is 5.16. The molecule has 6 heteroatoms. The summed E-state index contributed by atoms with van der Waals surface area (Å²) in [5.74, 6) is 0.888. The summed E-state index contributed by atoms with van der Waals surface area (Å²) in [6, 6.07) is 7.29. The molecule has 1 saturated heterocycles. The van der Waals surface area contributed by atoms with Crippen LogP contribution in [-0.2, 0) is 16.8 Å². The van der Waals surface area contributed by atoms with E-state index >= 15 is 0 Å². The first-order valence-electron chi connectivity index (χ1n) is 8.57. The van der Waals surface area contributed by atoms with Crippen molar-refractivity contribution in [3.63, 3.8) is 0 Å². The van der Waals surface area contributed by atoms with Crippen LogP contribution >= 0.6 is 11.6 Å². The summed E-state index contributed by atoms with van der Waals surface area (Å²) in [6.45, 7) is 4.87. The molecule has 1 aromatic heterocycles. The van der Waals surface area contributed by atoms with E-state index in [-0.39, 0.29) is 5.91 Å². The summed E-state index contributed by atoms with van der Waals surface area (Å²) < 4.78 is 5.14. The second-order valence-electron chi connectivity index (χ2n) is 6.72. The van der Waals surface area contributed by atoms with Crippen molar-refractivity contribution in [2.24, 2.45) is 0 Å². The Hall–Kier alpha value is -1.85. The minimum atomic E-state index is -0.886. The highest BCUT2D eigenvalue weighted by Gasteiger charge is 2.35. The lowest BCUT2D eigenvalue weighted by Gasteiger charge is -2.38. The molecule has 2 heterocycles. The van der Waals surface area contributed by atoms with E-state index in [9.17, 15) is 9.90 Å². The fourth-order valence-electron chi connectivity index (χ4n) is 3.42. The standard InChI is InChI=1S/C19H23ClN2O3/c1-13-17(14(2)25-21-13)7-8-18(23)22-11-9-19(24,10-12-22)15-3-5-16(20)6-4-15/h3-6,24H,7-12H2,1-2H3. The van der Waals surface area contributed by atoms with Crippen LogP contribution in [0.3, 0.4) is 0 Å². The smallest absolute Gasteiger partial charge is 0.222 e. The number of likely N-dealkylation sites (tertiary alicyclic amines) is 1. The second-order valence-corrected chi connectivity index (χ2v) is 7.16. The van der Waals surface area contributed by atoms with Crippen LogP contribution in [0.1, 0.15) is 41.8 Å². The van der Waals surface area contributed by atoms with Crippen molar-refractivity contribution in [2.45, 2.75) is 45.1 Å². The first-order chi connectivity index (χ1) is 11.9. The third-order valence-electron chi connectivity index (χ3n) is 5.09. The molecule has 25 heavy (non-hydrogen) atoms. The summed E-state index contributed by atoms with van der Waals surface area (Å²) in [7, 11) is 0. The molecule has 0 aliphatic carbocycles. The average Bonchev–Trinajstić information content (AvgIpc) is 2.92. The second kappa shape index (κ2) is 7.18. The predicted molar refractivity (Wildman–Crippen MR) is 95.5 cm³/mol. The van der Waals surface area contributed by atoms with Crippen molar-refractivity contribution in [1.82, 2.24) is 10.1 Å². The van der Waals surface area contributed by atoms with Crippen LogP contribution in [0.4, 0.5) is 0 Å². The Morgan fingerprint density at radius 3 is 2.48 bits per heavy atom. The quantitative estimate of drug-likeness (QED) is 0.905. The Morgan fingerprint density at radius 1 is 1.28 bits per heavy atom. The van der Waals surface area contributed by atoms with Crippen LogP contribution in [-0.4, -0.2) is 34.2 Å². The van der Waals surface area contributed by atoms with Crippen LogP contribution in [0.2, 0.25) is 5.02 Å². The molecule has 1 N–H and O–H groups in total. The normalized spacial score (nSPS) is 16.9. The number of aliphatic hydroxyl groups is 1. The number of piperidine rings is 1. The minimum Gasteiger partial charge on any atom is -0.385 e. The van der Waals surface area contributed by atoms with Gasteiger partial charge in [-0.2, -0.15) is 0 Å². The summed E-state index contributed by atoms with van der Waals surface area (Å²) in [5.41, 5.74) is 1.84. The monoisotopic (exact) mass is 362 g/mol. The van der Waals surface area contributed by atoms with Crippen molar-refractivity contribution in [1.29, 1.82) is 0 Å². The topological polar surface area (TPSA) is 66.6 Å². The van der Waals surface area contributed by atoms with Crippen molar-refractivity contribution < 1.29 is 14.4 Å². The molecule has 0 atom stereocenters. The zero-order valence-corrected chi connectivity index (χ0v) is 15.3. The lowest BCUT2D eigenvalue weighted by atomic mass is 9.84. The highest BCUT2D eigenvalue weighted by Crippen LogP contribution is 2.33. The molecule has 5 nitrogen and oxygen atoms in total. The molecule has 0 saturated carbocycles. The van der Waals surface area contributed by atoms with Crippen LogP contribution < -0.4 is 0 Å². The number of hydrogen-bond acceptors (Lipinski definition) is 4. The lowest BCUT2D eigenvalue weighted by molar-refractivity contribution is -0.135. The number of nitrogens with zero attached hydrogens (tertiary/aromatic N) is 2. The molecule has 1 fully saturated rings. The summed E-state index contributed by atoms with van der Waals surface area (Å²) in [4.78, 5) is 14.3. The molecule has 1 aliphatic heterocycles. The van der Waals surface area contributed by atoms with Crippen molar-refractivity contribution in [2.75, 3.05) is 13.1 Å². The number of rotatable bonds is 4. The Labute approximate surface area is 152 Å². The Morgan fingerprint density at radius 2 is 1.92 bits per heavy atom. The maximum absolute atomic E-state index is 12.5. The van der Waals surface area contributed by atoms with E-state index in [0.717, 1.165) is 22.6 Å². The van der Waals surface area contributed by atoms with Gasteiger partial charge in [-0.1, -0.05) is 28.9 Å². The van der Waals surface area contributed by atoms with Gasteiger partial charge < -0.3 is 14.5 Å². The third-order valence-corrected chi connectivity index (χ3v) is 5.35. The van der Waals surface area contributed by atoms with Gasteiger partial charge in [-0.05, 0) is 50.8 Å². The summed E-state index contributed by atoms with van der Waals surface area (Å²) in [5, 5.41) is 15.5. The number of benzene rings is 1. The molecule has 0 radical (unpaired) electrons. The van der Waals surface area contributed by atoms with Gasteiger partial charge in [0.15, 0.2) is 0 Å². The van der Waals surface area contributed by atoms with E-state index in [0.29, 0.717) is 43.8 Å². The predicted octanol–water partition coefficient (Wildman–Crippen LogP) is 3.39. The molecule has 1 amide bonds. The zero-order chi connectivity index (χ0) is 18.0. The number of halogens is 1. The number of amides is 1. The maximum Gasteiger partial charge on any atom is 0.222 e. The van der Waals surface area contributed by atoms with Gasteiger partial charge in [0.05, 0.1) is 11.3 Å². The minimum absolute atomic E-state index is 0.109. The van der Waals surface area contributed by atoms with Crippen molar-refractivity contribution in [3.05, 3.63) is 51.9 Å². The molecular formula is C19H23ClN2O3. The SMILES string of the molecule is Cc1noc(C)c1CCC(=O)N1CCC(O)(c2ccc(Cl)cc2)CC1. The Bertz CT molecular complexity index is 727. The van der Waals surface area contributed by atoms with E-state index in [1.54, 1.807) is 12.1 Å². The molecule has 0 bridgehead atoms. The van der Waals surface area contributed by atoms with Gasteiger partial charge >= 0.3 is 0 Å². The fourth-order valence-corrected chi connectivity index (χ4v) is 3.55. The molecule has 134 valence electrons. The lowest BCUT2D eigenvalue weighted by Crippen LogP contribution is -2.45. The molecule has 3 rings (SSSR count).